The molecule has 1 radical (unpaired) electrons. The van der Waals surface area contributed by atoms with Crippen LogP contribution in [0.25, 0.3) is 0 Å². The van der Waals surface area contributed by atoms with Crippen LogP contribution in [0.2, 0.25) is 11.6 Å². The highest BCUT2D eigenvalue weighted by atomic mass is 28.5. The number of hydrogen-bond donors (Lipinski definition) is 0. The molecule has 0 bridgehead atoms. The number of hydrogen-bond acceptors (Lipinski definition) is 4. The average molecular weight is 408 g/mol. The maximum absolute atomic E-state index is 6.45. The van der Waals surface area contributed by atoms with E-state index in [0.717, 1.165) is 0 Å². The lowest BCUT2D eigenvalue weighted by Crippen LogP contribution is -2.61. The Balaban J connectivity index is 3.38. The molecule has 1 aliphatic rings. The smallest absolute Gasteiger partial charge is 0.323 e. The molecule has 1 unspecified atom stereocenters. The van der Waals surface area contributed by atoms with Crippen LogP contribution in [0.5, 0.6) is 0 Å². The summed E-state index contributed by atoms with van der Waals surface area (Å²) >= 11 is 0. The summed E-state index contributed by atoms with van der Waals surface area (Å²) < 4.78 is 24.3. The third kappa shape index (κ3) is 4.16. The lowest BCUT2D eigenvalue weighted by Gasteiger charge is -2.59. The first-order valence-electron chi connectivity index (χ1n) is 9.22. The summed E-state index contributed by atoms with van der Waals surface area (Å²) in [7, 11) is -5.25. The van der Waals surface area contributed by atoms with E-state index >= 15 is 0 Å². The summed E-state index contributed by atoms with van der Waals surface area (Å²) in [5, 5.41) is -0.0658. The Kier molecular flexibility index (Phi) is 8.15. The lowest BCUT2D eigenvalue weighted by atomic mass is 9.56. The molecule has 1 heterocycles. The second-order valence-corrected chi connectivity index (χ2v) is 18.2. The van der Waals surface area contributed by atoms with Crippen molar-refractivity contribution in [3.05, 3.63) is 5.92 Å². The van der Waals surface area contributed by atoms with Crippen LogP contribution in [0.3, 0.4) is 0 Å². The molecule has 0 spiro atoms. The van der Waals surface area contributed by atoms with E-state index in [1.165, 1.54) is 0 Å². The highest BCUT2D eigenvalue weighted by Gasteiger charge is 2.62. The second kappa shape index (κ2) is 8.60. The minimum absolute atomic E-state index is 0.0374. The zero-order valence-corrected chi connectivity index (χ0v) is 22.7. The Hall–Kier alpha value is 0.708. The molecule has 1 fully saturated rings. The van der Waals surface area contributed by atoms with Crippen LogP contribution < -0.4 is 0 Å². The fraction of sp³-hybridized carbons (Fsp3) is 0.938. The highest BCUT2D eigenvalue weighted by molar-refractivity contribution is 6.77. The normalized spacial score (nSPS) is 29.8. The van der Waals surface area contributed by atoms with Gasteiger partial charge in [-0.25, -0.2) is 0 Å². The zero-order chi connectivity index (χ0) is 18.8. The molecule has 1 saturated heterocycles. The molecule has 0 aromatic heterocycles. The van der Waals surface area contributed by atoms with E-state index in [1.807, 2.05) is 0 Å². The van der Waals surface area contributed by atoms with Gasteiger partial charge in [-0.2, -0.15) is 0 Å². The predicted molar refractivity (Wildman–Crippen MR) is 111 cm³/mol. The summed E-state index contributed by atoms with van der Waals surface area (Å²) in [6.07, 6.45) is 0. The Morgan fingerprint density at radius 1 is 0.792 bits per heavy atom. The van der Waals surface area contributed by atoms with Crippen molar-refractivity contribution in [2.45, 2.75) is 73.9 Å². The van der Waals surface area contributed by atoms with Gasteiger partial charge in [-0.15, -0.1) is 0 Å². The van der Waals surface area contributed by atoms with Crippen molar-refractivity contribution in [1.82, 2.24) is 0 Å². The monoisotopic (exact) mass is 407 g/mol. The van der Waals surface area contributed by atoms with Crippen LogP contribution in [0, 0.1) is 29.1 Å². The molecule has 1 rings (SSSR count). The van der Waals surface area contributed by atoms with E-state index in [4.69, 9.17) is 16.5 Å². The van der Waals surface area contributed by atoms with Crippen LogP contribution in [0.1, 0.15) is 62.3 Å². The molecule has 0 saturated carbocycles. The first-order valence-corrected chi connectivity index (χ1v) is 15.0. The molecule has 0 aliphatic carbocycles. The quantitative estimate of drug-likeness (QED) is 0.634. The van der Waals surface area contributed by atoms with Crippen molar-refractivity contribution in [3.63, 3.8) is 0 Å². The van der Waals surface area contributed by atoms with Crippen molar-refractivity contribution in [3.8, 4) is 0 Å². The molecular weight excluding hydrogens is 369 g/mol. The van der Waals surface area contributed by atoms with Crippen molar-refractivity contribution in [2.24, 2.45) is 23.2 Å². The lowest BCUT2D eigenvalue weighted by molar-refractivity contribution is 0.0927. The molecule has 0 aromatic carbocycles. The molecule has 0 amide bonds. The van der Waals surface area contributed by atoms with Crippen molar-refractivity contribution >= 4 is 38.6 Å². The molecule has 4 nitrogen and oxygen atoms in total. The molecule has 143 valence electrons. The van der Waals surface area contributed by atoms with Gasteiger partial charge >= 0.3 is 8.56 Å². The average Bonchev–Trinajstić information content (AvgIpc) is 2.41. The molecule has 0 aromatic rings. The van der Waals surface area contributed by atoms with Crippen LogP contribution in [0.15, 0.2) is 0 Å². The maximum Gasteiger partial charge on any atom is 0.323 e. The van der Waals surface area contributed by atoms with Gasteiger partial charge in [-0.05, 0) is 35.6 Å². The Bertz CT molecular complexity index is 388. The fourth-order valence-corrected chi connectivity index (χ4v) is 16.0. The van der Waals surface area contributed by atoms with Gasteiger partial charge in [0.2, 0.25) is 0 Å². The number of rotatable bonds is 6. The van der Waals surface area contributed by atoms with Gasteiger partial charge in [-0.1, -0.05) is 62.3 Å². The minimum atomic E-state index is -2.42. The summed E-state index contributed by atoms with van der Waals surface area (Å²) in [5.41, 5.74) is 0.0374. The van der Waals surface area contributed by atoms with E-state index in [-0.39, 0.29) is 10.5 Å². The zero-order valence-electron chi connectivity index (χ0n) is 17.5. The summed E-state index contributed by atoms with van der Waals surface area (Å²) in [5.74, 6) is 3.22. The fourth-order valence-electron chi connectivity index (χ4n) is 4.59. The van der Waals surface area contributed by atoms with E-state index in [2.05, 4.69) is 68.9 Å². The van der Waals surface area contributed by atoms with Gasteiger partial charge in [0.1, 0.15) is 0 Å². The van der Waals surface area contributed by atoms with E-state index in [1.54, 1.807) is 5.92 Å². The van der Waals surface area contributed by atoms with Gasteiger partial charge in [0.15, 0.2) is 0 Å². The molecule has 24 heavy (non-hydrogen) atoms. The highest BCUT2D eigenvalue weighted by Crippen LogP contribution is 2.64. The van der Waals surface area contributed by atoms with Gasteiger partial charge < -0.3 is 16.5 Å². The topological polar surface area (TPSA) is 36.9 Å². The molecule has 0 N–H and O–H groups in total. The van der Waals surface area contributed by atoms with E-state index in [9.17, 15) is 0 Å². The van der Waals surface area contributed by atoms with Crippen molar-refractivity contribution in [1.29, 1.82) is 0 Å². The SMILES string of the molecule is CC(C)[C](C(C)C)C(C)(C(C)C)C(C)(C)[Si]1(C)O[SiH2]O[SiH2]O[SiH2]O1. The molecule has 1 aliphatic heterocycles. The van der Waals surface area contributed by atoms with Gasteiger partial charge in [0.25, 0.3) is 30.0 Å². The molecule has 1 atom stereocenters. The van der Waals surface area contributed by atoms with Crippen LogP contribution in [0.4, 0.5) is 0 Å². The molecular formula is C16H39O4Si4. The summed E-state index contributed by atoms with van der Waals surface area (Å²) in [6.45, 7) is 23.4. The van der Waals surface area contributed by atoms with Crippen LogP contribution in [-0.4, -0.2) is 38.6 Å². The minimum Gasteiger partial charge on any atom is -0.425 e. The first kappa shape index (κ1) is 22.7. The van der Waals surface area contributed by atoms with Crippen LogP contribution in [-0.2, 0) is 16.5 Å². The Morgan fingerprint density at radius 2 is 1.21 bits per heavy atom. The largest absolute Gasteiger partial charge is 0.425 e. The van der Waals surface area contributed by atoms with Crippen LogP contribution >= 0.6 is 0 Å². The van der Waals surface area contributed by atoms with E-state index in [0.29, 0.717) is 17.8 Å². The Morgan fingerprint density at radius 3 is 1.54 bits per heavy atom. The third-order valence-corrected chi connectivity index (χ3v) is 17.2. The Labute approximate surface area is 158 Å². The maximum atomic E-state index is 6.45. The van der Waals surface area contributed by atoms with Gasteiger partial charge in [0, 0.05) is 5.04 Å². The predicted octanol–water partition coefficient (Wildman–Crippen LogP) is 2.46. The third-order valence-electron chi connectivity index (χ3n) is 6.43. The van der Waals surface area contributed by atoms with Gasteiger partial charge in [-0.3, -0.25) is 0 Å². The van der Waals surface area contributed by atoms with Gasteiger partial charge in [0.05, 0.1) is 0 Å². The second-order valence-electron chi connectivity index (χ2n) is 8.74. The summed E-state index contributed by atoms with van der Waals surface area (Å²) in [6, 6.07) is 0. The first-order chi connectivity index (χ1) is 10.9. The van der Waals surface area contributed by atoms with E-state index < -0.39 is 38.6 Å². The van der Waals surface area contributed by atoms with Crippen molar-refractivity contribution < 1.29 is 16.5 Å². The molecule has 8 heteroatoms. The van der Waals surface area contributed by atoms with Crippen molar-refractivity contribution in [2.75, 3.05) is 0 Å². The standard InChI is InChI=1S/C16H39O4Si4/c1-11(2)14(12(3)4)16(9,13(5)6)15(7,8)24(10)19-22-17-21-18-23-20-24/h11-13H,21-23H2,1-10H3. The summed E-state index contributed by atoms with van der Waals surface area (Å²) in [4.78, 5) is 0.